The minimum Gasteiger partial charge on any atom is -0.325 e. The number of hydrogen-bond donors (Lipinski definition) is 2. The molecule has 0 unspecified atom stereocenters. The number of nitrogens with zero attached hydrogens (tertiary/aromatic N) is 2. The second kappa shape index (κ2) is 11.4. The highest BCUT2D eigenvalue weighted by Gasteiger charge is 2.26. The van der Waals surface area contributed by atoms with E-state index >= 15 is 0 Å². The van der Waals surface area contributed by atoms with E-state index in [0.29, 0.717) is 25.3 Å². The Morgan fingerprint density at radius 1 is 0.882 bits per heavy atom. The predicted octanol–water partition coefficient (Wildman–Crippen LogP) is 3.57. The first kappa shape index (κ1) is 24.9. The van der Waals surface area contributed by atoms with Crippen molar-refractivity contribution in [2.75, 3.05) is 31.5 Å². The van der Waals surface area contributed by atoms with Crippen molar-refractivity contribution in [2.24, 2.45) is 0 Å². The monoisotopic (exact) mass is 484 g/mol. The van der Waals surface area contributed by atoms with E-state index in [9.17, 15) is 13.2 Å². The van der Waals surface area contributed by atoms with Crippen LogP contribution in [0.1, 0.15) is 50.2 Å². The van der Waals surface area contributed by atoms with E-state index in [1.807, 2.05) is 13.0 Å². The highest BCUT2D eigenvalue weighted by molar-refractivity contribution is 7.89. The minimum absolute atomic E-state index is 0.149. The Morgan fingerprint density at radius 3 is 2.18 bits per heavy atom. The molecular weight excluding hydrogens is 448 g/mol. The van der Waals surface area contributed by atoms with Crippen LogP contribution in [0.5, 0.6) is 0 Å². The summed E-state index contributed by atoms with van der Waals surface area (Å²) in [5, 5.41) is 6.22. The van der Waals surface area contributed by atoms with E-state index in [0.717, 1.165) is 38.9 Å². The molecular formula is C26H36N4O3S. The summed E-state index contributed by atoms with van der Waals surface area (Å²) in [6.45, 7) is 6.86. The molecule has 0 saturated carbocycles. The Labute approximate surface area is 203 Å². The maximum Gasteiger partial charge on any atom is 0.243 e. The fourth-order valence-electron chi connectivity index (χ4n) is 4.64. The zero-order chi connectivity index (χ0) is 24.0. The van der Waals surface area contributed by atoms with E-state index in [1.54, 1.807) is 28.6 Å². The fraction of sp³-hybridized carbons (Fsp3) is 0.500. The number of hydrogen-bond acceptors (Lipinski definition) is 5. The molecule has 0 radical (unpaired) electrons. The van der Waals surface area contributed by atoms with Crippen molar-refractivity contribution >= 4 is 21.6 Å². The van der Waals surface area contributed by atoms with Gasteiger partial charge >= 0.3 is 0 Å². The molecule has 2 aliphatic heterocycles. The zero-order valence-corrected chi connectivity index (χ0v) is 20.8. The number of amides is 1. The third-order valence-corrected chi connectivity index (χ3v) is 8.69. The lowest BCUT2D eigenvalue weighted by Crippen LogP contribution is -2.38. The Kier molecular flexibility index (Phi) is 8.37. The second-order valence-electron chi connectivity index (χ2n) is 9.33. The summed E-state index contributed by atoms with van der Waals surface area (Å²) in [5.74, 6) is -0.149. The SMILES string of the molecule is C[C@H](NCc1ccccc1CN1CCCC1)C(=O)Nc1ccc(S(=O)(=O)N2CCCCC2)cc1. The molecule has 1 atom stereocenters. The Morgan fingerprint density at radius 2 is 1.50 bits per heavy atom. The molecule has 2 heterocycles. The lowest BCUT2D eigenvalue weighted by atomic mass is 10.1. The molecule has 1 amide bonds. The third-order valence-electron chi connectivity index (χ3n) is 6.78. The van der Waals surface area contributed by atoms with Gasteiger partial charge in [-0.2, -0.15) is 4.31 Å². The van der Waals surface area contributed by atoms with Gasteiger partial charge in [0, 0.05) is 31.9 Å². The fourth-order valence-corrected chi connectivity index (χ4v) is 6.15. The van der Waals surface area contributed by atoms with Crippen molar-refractivity contribution < 1.29 is 13.2 Å². The van der Waals surface area contributed by atoms with Gasteiger partial charge < -0.3 is 10.6 Å². The Balaban J connectivity index is 1.31. The molecule has 7 nitrogen and oxygen atoms in total. The molecule has 2 aromatic rings. The first-order chi connectivity index (χ1) is 16.4. The summed E-state index contributed by atoms with van der Waals surface area (Å²) in [6.07, 6.45) is 5.42. The molecule has 2 fully saturated rings. The average molecular weight is 485 g/mol. The summed E-state index contributed by atoms with van der Waals surface area (Å²) < 4.78 is 27.2. The van der Waals surface area contributed by atoms with Gasteiger partial charge in [0.05, 0.1) is 10.9 Å². The quantitative estimate of drug-likeness (QED) is 0.569. The zero-order valence-electron chi connectivity index (χ0n) is 20.0. The first-order valence-corrected chi connectivity index (χ1v) is 13.8. The molecule has 34 heavy (non-hydrogen) atoms. The van der Waals surface area contributed by atoms with Crippen LogP contribution >= 0.6 is 0 Å². The lowest BCUT2D eigenvalue weighted by molar-refractivity contribution is -0.117. The van der Waals surface area contributed by atoms with Crippen LogP contribution in [-0.2, 0) is 27.9 Å². The van der Waals surface area contributed by atoms with Crippen molar-refractivity contribution in [1.29, 1.82) is 0 Å². The van der Waals surface area contributed by atoms with Crippen LogP contribution in [0.2, 0.25) is 0 Å². The molecule has 0 bridgehead atoms. The van der Waals surface area contributed by atoms with Crippen LogP contribution in [0.15, 0.2) is 53.4 Å². The van der Waals surface area contributed by atoms with E-state index in [1.165, 1.54) is 24.0 Å². The number of nitrogens with one attached hydrogen (secondary N) is 2. The summed E-state index contributed by atoms with van der Waals surface area (Å²) in [6, 6.07) is 14.5. The lowest BCUT2D eigenvalue weighted by Gasteiger charge is -2.25. The smallest absolute Gasteiger partial charge is 0.243 e. The van der Waals surface area contributed by atoms with Gasteiger partial charge in [0.25, 0.3) is 0 Å². The highest BCUT2D eigenvalue weighted by atomic mass is 32.2. The predicted molar refractivity (Wildman–Crippen MR) is 135 cm³/mol. The summed E-state index contributed by atoms with van der Waals surface area (Å²) in [7, 11) is -3.47. The van der Waals surface area contributed by atoms with Gasteiger partial charge in [-0.3, -0.25) is 9.69 Å². The number of piperidine rings is 1. The Hall–Kier alpha value is -2.26. The van der Waals surface area contributed by atoms with Gasteiger partial charge in [-0.05, 0) is 81.1 Å². The molecule has 184 valence electrons. The number of sulfonamides is 1. The maximum absolute atomic E-state index is 12.8. The van der Waals surface area contributed by atoms with Gasteiger partial charge in [-0.15, -0.1) is 0 Å². The van der Waals surface area contributed by atoms with Crippen LogP contribution in [-0.4, -0.2) is 55.8 Å². The number of rotatable bonds is 9. The Bertz CT molecular complexity index is 1060. The van der Waals surface area contributed by atoms with Crippen molar-refractivity contribution in [3.05, 3.63) is 59.7 Å². The summed E-state index contributed by atoms with van der Waals surface area (Å²) >= 11 is 0. The van der Waals surface area contributed by atoms with Gasteiger partial charge in [-0.1, -0.05) is 30.7 Å². The van der Waals surface area contributed by atoms with Crippen molar-refractivity contribution in [1.82, 2.24) is 14.5 Å². The molecule has 2 aliphatic rings. The molecule has 2 saturated heterocycles. The second-order valence-corrected chi connectivity index (χ2v) is 11.3. The average Bonchev–Trinajstić information content (AvgIpc) is 3.37. The van der Waals surface area contributed by atoms with E-state index in [2.05, 4.69) is 33.7 Å². The molecule has 4 rings (SSSR count). The molecule has 8 heteroatoms. The summed E-state index contributed by atoms with van der Waals surface area (Å²) in [5.41, 5.74) is 3.10. The van der Waals surface area contributed by atoms with Crippen LogP contribution in [0.25, 0.3) is 0 Å². The van der Waals surface area contributed by atoms with Gasteiger partial charge in [-0.25, -0.2) is 8.42 Å². The van der Waals surface area contributed by atoms with Crippen LogP contribution in [0.3, 0.4) is 0 Å². The number of benzene rings is 2. The number of carbonyl (C=O) groups excluding carboxylic acids is 1. The number of carbonyl (C=O) groups is 1. The van der Waals surface area contributed by atoms with Crippen molar-refractivity contribution in [3.63, 3.8) is 0 Å². The number of anilines is 1. The van der Waals surface area contributed by atoms with E-state index < -0.39 is 16.1 Å². The standard InChI is InChI=1S/C26H36N4O3S/c1-21(27-19-22-9-3-4-10-23(22)20-29-15-7-8-16-29)26(31)28-24-11-13-25(14-12-24)34(32,33)30-17-5-2-6-18-30/h3-4,9-14,21,27H,2,5-8,15-20H2,1H3,(H,28,31)/t21-/m0/s1. The highest BCUT2D eigenvalue weighted by Crippen LogP contribution is 2.22. The van der Waals surface area contributed by atoms with E-state index in [4.69, 9.17) is 0 Å². The van der Waals surface area contributed by atoms with Crippen LogP contribution in [0.4, 0.5) is 5.69 Å². The topological polar surface area (TPSA) is 81.8 Å². The molecule has 2 aromatic carbocycles. The van der Waals surface area contributed by atoms with E-state index in [-0.39, 0.29) is 10.8 Å². The molecule has 0 aromatic heterocycles. The van der Waals surface area contributed by atoms with Gasteiger partial charge in [0.1, 0.15) is 0 Å². The maximum atomic E-state index is 12.8. The van der Waals surface area contributed by atoms with Crippen molar-refractivity contribution in [3.8, 4) is 0 Å². The third kappa shape index (κ3) is 6.24. The molecule has 0 spiro atoms. The van der Waals surface area contributed by atoms with Crippen molar-refractivity contribution in [2.45, 2.75) is 63.1 Å². The molecule has 2 N–H and O–H groups in total. The largest absolute Gasteiger partial charge is 0.325 e. The normalized spacial score (nSPS) is 18.6. The van der Waals surface area contributed by atoms with Crippen LogP contribution in [0, 0.1) is 0 Å². The van der Waals surface area contributed by atoms with Crippen LogP contribution < -0.4 is 10.6 Å². The van der Waals surface area contributed by atoms with Gasteiger partial charge in [0.15, 0.2) is 0 Å². The van der Waals surface area contributed by atoms with Gasteiger partial charge in [0.2, 0.25) is 15.9 Å². The first-order valence-electron chi connectivity index (χ1n) is 12.4. The minimum atomic E-state index is -3.47. The summed E-state index contributed by atoms with van der Waals surface area (Å²) in [4.78, 5) is 15.5. The number of likely N-dealkylation sites (tertiary alicyclic amines) is 1. The molecule has 0 aliphatic carbocycles.